The number of rotatable bonds is 5. The van der Waals surface area contributed by atoms with Gasteiger partial charge < -0.3 is 5.73 Å². The van der Waals surface area contributed by atoms with E-state index in [-0.39, 0.29) is 11.4 Å². The molecule has 146 valence electrons. The second kappa shape index (κ2) is 7.14. The van der Waals surface area contributed by atoms with Crippen molar-refractivity contribution in [2.45, 2.75) is 0 Å². The Kier molecular flexibility index (Phi) is 4.49. The van der Waals surface area contributed by atoms with E-state index >= 15 is 0 Å². The number of aryl methyl sites for hydroxylation is 1. The lowest BCUT2D eigenvalue weighted by molar-refractivity contribution is -0.112. The number of nitriles is 1. The fourth-order valence-corrected chi connectivity index (χ4v) is 3.23. The molecule has 0 bridgehead atoms. The molecule has 0 atom stereocenters. The second-order valence-corrected chi connectivity index (χ2v) is 6.76. The van der Waals surface area contributed by atoms with Crippen molar-refractivity contribution < 1.29 is 9.59 Å². The second-order valence-electron chi connectivity index (χ2n) is 6.76. The number of ketones is 1. The van der Waals surface area contributed by atoms with Crippen molar-refractivity contribution in [3.8, 4) is 17.2 Å². The number of aromatic nitrogens is 4. The number of nitrogens with zero attached hydrogens (tertiary/aromatic N) is 5. The predicted octanol–water partition coefficient (Wildman–Crippen LogP) is 2.34. The number of carbonyl (C=O) groups is 2. The van der Waals surface area contributed by atoms with Crippen LogP contribution >= 0.6 is 0 Å². The molecule has 0 aliphatic heterocycles. The van der Waals surface area contributed by atoms with E-state index in [1.54, 1.807) is 54.5 Å². The summed E-state index contributed by atoms with van der Waals surface area (Å²) in [4.78, 5) is 24.7. The number of fused-ring (bicyclic) bond motifs is 1. The molecule has 0 aliphatic carbocycles. The Morgan fingerprint density at radius 3 is 2.37 bits per heavy atom. The van der Waals surface area contributed by atoms with Gasteiger partial charge >= 0.3 is 0 Å². The Morgan fingerprint density at radius 2 is 1.77 bits per heavy atom. The van der Waals surface area contributed by atoms with E-state index in [1.165, 1.54) is 10.7 Å². The number of pyridine rings is 1. The van der Waals surface area contributed by atoms with Crippen LogP contribution in [0.25, 0.3) is 22.2 Å². The smallest absolute Gasteiger partial charge is 0.248 e. The van der Waals surface area contributed by atoms with Gasteiger partial charge in [-0.25, -0.2) is 4.52 Å². The first-order valence-corrected chi connectivity index (χ1v) is 8.93. The van der Waals surface area contributed by atoms with Gasteiger partial charge in [-0.2, -0.15) is 15.5 Å². The molecule has 1 aromatic carbocycles. The predicted molar refractivity (Wildman–Crippen MR) is 110 cm³/mol. The van der Waals surface area contributed by atoms with Gasteiger partial charge in [-0.05, 0) is 11.6 Å². The van der Waals surface area contributed by atoms with Crippen LogP contribution < -0.4 is 5.73 Å². The lowest BCUT2D eigenvalue weighted by Crippen LogP contribution is -2.12. The summed E-state index contributed by atoms with van der Waals surface area (Å²) in [5, 5.41) is 17.9. The van der Waals surface area contributed by atoms with Crippen molar-refractivity contribution in [3.05, 3.63) is 84.0 Å². The molecule has 4 rings (SSSR count). The minimum absolute atomic E-state index is 0.164. The van der Waals surface area contributed by atoms with Crippen LogP contribution in [0.5, 0.6) is 0 Å². The molecule has 0 spiro atoms. The molecule has 0 unspecified atom stereocenters. The van der Waals surface area contributed by atoms with Gasteiger partial charge in [-0.1, -0.05) is 30.8 Å². The van der Waals surface area contributed by atoms with Crippen molar-refractivity contribution in [2.75, 3.05) is 0 Å². The SMILES string of the molecule is C=C(C(N)=O)c1ccc(C(=O)c2cc(-c3cnn(C)c3)cn3ncc(C#N)c23)cc1. The Balaban J connectivity index is 1.85. The van der Waals surface area contributed by atoms with Gasteiger partial charge in [0, 0.05) is 41.7 Å². The molecule has 3 aromatic heterocycles. The van der Waals surface area contributed by atoms with E-state index in [4.69, 9.17) is 5.73 Å². The molecule has 4 aromatic rings. The molecule has 0 saturated heterocycles. The number of carbonyl (C=O) groups excluding carboxylic acids is 2. The van der Waals surface area contributed by atoms with Crippen LogP contribution in [-0.4, -0.2) is 31.1 Å². The van der Waals surface area contributed by atoms with Crippen molar-refractivity contribution in [2.24, 2.45) is 12.8 Å². The lowest BCUT2D eigenvalue weighted by Gasteiger charge is -2.09. The van der Waals surface area contributed by atoms with Gasteiger partial charge in [0.1, 0.15) is 6.07 Å². The number of hydrogen-bond acceptors (Lipinski definition) is 5. The molecule has 2 N–H and O–H groups in total. The first kappa shape index (κ1) is 18.8. The molecule has 0 aliphatic rings. The van der Waals surface area contributed by atoms with E-state index in [9.17, 15) is 14.9 Å². The van der Waals surface area contributed by atoms with Crippen LogP contribution in [-0.2, 0) is 11.8 Å². The number of amides is 1. The van der Waals surface area contributed by atoms with Gasteiger partial charge in [0.15, 0.2) is 5.78 Å². The van der Waals surface area contributed by atoms with Gasteiger partial charge in [-0.15, -0.1) is 0 Å². The van der Waals surface area contributed by atoms with Crippen LogP contribution in [0.3, 0.4) is 0 Å². The molecule has 0 saturated carbocycles. The van der Waals surface area contributed by atoms with Gasteiger partial charge in [0.2, 0.25) is 5.91 Å². The van der Waals surface area contributed by atoms with E-state index in [0.29, 0.717) is 27.8 Å². The zero-order chi connectivity index (χ0) is 21.4. The topological polar surface area (TPSA) is 119 Å². The third-order valence-corrected chi connectivity index (χ3v) is 4.81. The number of primary amides is 1. The highest BCUT2D eigenvalue weighted by atomic mass is 16.1. The third-order valence-electron chi connectivity index (χ3n) is 4.81. The summed E-state index contributed by atoms with van der Waals surface area (Å²) in [6, 6.07) is 10.2. The van der Waals surface area contributed by atoms with Crippen molar-refractivity contribution in [1.82, 2.24) is 19.4 Å². The molecular formula is C22H16N6O2. The lowest BCUT2D eigenvalue weighted by atomic mass is 9.97. The zero-order valence-electron chi connectivity index (χ0n) is 16.0. The molecule has 3 heterocycles. The highest BCUT2D eigenvalue weighted by molar-refractivity contribution is 6.18. The third kappa shape index (κ3) is 3.14. The Bertz CT molecular complexity index is 1370. The molecule has 0 fully saturated rings. The number of nitrogens with two attached hydrogens (primary N) is 1. The molecular weight excluding hydrogens is 380 g/mol. The van der Waals surface area contributed by atoms with Crippen molar-refractivity contribution in [1.29, 1.82) is 5.26 Å². The fraction of sp³-hybridized carbons (Fsp3) is 0.0455. The number of hydrogen-bond donors (Lipinski definition) is 1. The Labute approximate surface area is 171 Å². The maximum absolute atomic E-state index is 13.3. The summed E-state index contributed by atoms with van der Waals surface area (Å²) in [6.45, 7) is 3.65. The first-order valence-electron chi connectivity index (χ1n) is 8.93. The highest BCUT2D eigenvalue weighted by Gasteiger charge is 2.19. The van der Waals surface area contributed by atoms with Crippen LogP contribution in [0.1, 0.15) is 27.0 Å². The average molecular weight is 396 g/mol. The van der Waals surface area contributed by atoms with Crippen LogP contribution in [0, 0.1) is 11.3 Å². The largest absolute Gasteiger partial charge is 0.366 e. The molecule has 8 nitrogen and oxygen atoms in total. The van der Waals surface area contributed by atoms with E-state index in [2.05, 4.69) is 22.8 Å². The number of benzene rings is 1. The summed E-state index contributed by atoms with van der Waals surface area (Å²) >= 11 is 0. The summed E-state index contributed by atoms with van der Waals surface area (Å²) in [7, 11) is 1.80. The molecule has 1 amide bonds. The van der Waals surface area contributed by atoms with Crippen molar-refractivity contribution >= 4 is 22.8 Å². The maximum Gasteiger partial charge on any atom is 0.248 e. The fourth-order valence-electron chi connectivity index (χ4n) is 3.23. The van der Waals surface area contributed by atoms with Gasteiger partial charge in [0.05, 0.1) is 29.0 Å². The minimum Gasteiger partial charge on any atom is -0.366 e. The van der Waals surface area contributed by atoms with Crippen molar-refractivity contribution in [3.63, 3.8) is 0 Å². The first-order chi connectivity index (χ1) is 14.4. The quantitative estimate of drug-likeness (QED) is 0.410. The highest BCUT2D eigenvalue weighted by Crippen LogP contribution is 2.27. The summed E-state index contributed by atoms with van der Waals surface area (Å²) in [5.41, 5.74) is 8.98. The zero-order valence-corrected chi connectivity index (χ0v) is 16.0. The standard InChI is InChI=1S/C22H16N6O2/c1-13(22(24)30)14-3-5-15(6-4-14)21(29)19-7-16(18-10-25-27(2)11-18)12-28-20(19)17(8-23)9-26-28/h3-7,9-12H,1H2,2H3,(H2,24,30). The monoisotopic (exact) mass is 396 g/mol. The minimum atomic E-state index is -0.627. The Morgan fingerprint density at radius 1 is 1.07 bits per heavy atom. The summed E-state index contributed by atoms with van der Waals surface area (Å²) < 4.78 is 3.19. The van der Waals surface area contributed by atoms with Crippen LogP contribution in [0.4, 0.5) is 0 Å². The Hall–Kier alpha value is -4.51. The van der Waals surface area contributed by atoms with Gasteiger partial charge in [-0.3, -0.25) is 14.3 Å². The maximum atomic E-state index is 13.3. The average Bonchev–Trinajstić information content (AvgIpc) is 3.38. The van der Waals surface area contributed by atoms with Gasteiger partial charge in [0.25, 0.3) is 0 Å². The van der Waals surface area contributed by atoms with E-state index < -0.39 is 5.91 Å². The molecule has 0 radical (unpaired) electrons. The molecule has 30 heavy (non-hydrogen) atoms. The van der Waals surface area contributed by atoms with Crippen LogP contribution in [0.2, 0.25) is 0 Å². The summed E-state index contributed by atoms with van der Waals surface area (Å²) in [5.74, 6) is -0.906. The van der Waals surface area contributed by atoms with Crippen LogP contribution in [0.15, 0.2) is 61.7 Å². The van der Waals surface area contributed by atoms with E-state index in [1.807, 2.05) is 6.20 Å². The van der Waals surface area contributed by atoms with E-state index in [0.717, 1.165) is 11.1 Å². The molecule has 8 heteroatoms. The normalized spacial score (nSPS) is 10.7. The summed E-state index contributed by atoms with van der Waals surface area (Å²) in [6.07, 6.45) is 6.70.